The molecule has 3 aromatic rings. The standard InChI is InChI=1S/C31H39N3O5S/c1-6-17-32-31(36)28(20-25-12-8-7-9-13-25)33(21-26-14-10-11-23(2)18-26)30(35)22-34(40(5,37)38)27-19-24(3)15-16-29(27)39-4/h7-16,18-19,28H,6,17,20-22H2,1-5H3,(H,32,36). The van der Waals surface area contributed by atoms with Crippen molar-refractivity contribution in [3.05, 3.63) is 95.1 Å². The summed E-state index contributed by atoms with van der Waals surface area (Å²) in [5, 5.41) is 2.94. The van der Waals surface area contributed by atoms with Gasteiger partial charge in [-0.1, -0.05) is 73.2 Å². The number of anilines is 1. The Hall–Kier alpha value is -3.85. The minimum absolute atomic E-state index is 0.139. The molecular weight excluding hydrogens is 526 g/mol. The molecule has 9 heteroatoms. The first-order chi connectivity index (χ1) is 19.0. The van der Waals surface area contributed by atoms with Crippen LogP contribution in [0.2, 0.25) is 0 Å². The summed E-state index contributed by atoms with van der Waals surface area (Å²) in [4.78, 5) is 29.2. The molecule has 0 aliphatic heterocycles. The highest BCUT2D eigenvalue weighted by Gasteiger charge is 2.33. The molecular formula is C31H39N3O5S. The maximum absolute atomic E-state index is 14.2. The highest BCUT2D eigenvalue weighted by atomic mass is 32.2. The Labute approximate surface area is 238 Å². The Bertz CT molecular complexity index is 1410. The zero-order valence-corrected chi connectivity index (χ0v) is 24.7. The number of amides is 2. The number of hydrogen-bond acceptors (Lipinski definition) is 5. The fourth-order valence-corrected chi connectivity index (χ4v) is 5.36. The second-order valence-electron chi connectivity index (χ2n) is 9.95. The first-order valence-electron chi connectivity index (χ1n) is 13.3. The normalized spacial score (nSPS) is 11.9. The number of ether oxygens (including phenoxy) is 1. The number of carbonyl (C=O) groups excluding carboxylic acids is 2. The van der Waals surface area contributed by atoms with Gasteiger partial charge in [0.1, 0.15) is 18.3 Å². The molecule has 3 aromatic carbocycles. The average Bonchev–Trinajstić information content (AvgIpc) is 2.92. The molecule has 214 valence electrons. The van der Waals surface area contributed by atoms with Gasteiger partial charge in [-0.15, -0.1) is 0 Å². The van der Waals surface area contributed by atoms with Crippen LogP contribution in [0, 0.1) is 13.8 Å². The highest BCUT2D eigenvalue weighted by Crippen LogP contribution is 2.31. The number of rotatable bonds is 13. The predicted octanol–water partition coefficient (Wildman–Crippen LogP) is 4.24. The Kier molecular flexibility index (Phi) is 10.7. The Balaban J connectivity index is 2.08. The molecule has 0 aliphatic carbocycles. The molecule has 0 aliphatic rings. The van der Waals surface area contributed by atoms with Gasteiger partial charge in [0.05, 0.1) is 19.1 Å². The average molecular weight is 566 g/mol. The van der Waals surface area contributed by atoms with Gasteiger partial charge in [0, 0.05) is 19.5 Å². The largest absolute Gasteiger partial charge is 0.495 e. The third kappa shape index (κ3) is 8.32. The zero-order valence-electron chi connectivity index (χ0n) is 23.9. The van der Waals surface area contributed by atoms with E-state index in [0.717, 1.165) is 39.2 Å². The summed E-state index contributed by atoms with van der Waals surface area (Å²) in [5.74, 6) is -0.454. The van der Waals surface area contributed by atoms with Crippen LogP contribution in [0.5, 0.6) is 5.75 Å². The van der Waals surface area contributed by atoms with E-state index in [-0.39, 0.29) is 24.6 Å². The van der Waals surface area contributed by atoms with Crippen LogP contribution in [0.3, 0.4) is 0 Å². The van der Waals surface area contributed by atoms with E-state index in [1.54, 1.807) is 12.1 Å². The van der Waals surface area contributed by atoms with Gasteiger partial charge in [-0.2, -0.15) is 0 Å². The van der Waals surface area contributed by atoms with Crippen molar-refractivity contribution in [1.29, 1.82) is 0 Å². The number of benzene rings is 3. The molecule has 0 saturated carbocycles. The second-order valence-corrected chi connectivity index (χ2v) is 11.9. The summed E-state index contributed by atoms with van der Waals surface area (Å²) >= 11 is 0. The van der Waals surface area contributed by atoms with Crippen molar-refractivity contribution in [3.63, 3.8) is 0 Å². The maximum atomic E-state index is 14.2. The van der Waals surface area contributed by atoms with E-state index in [4.69, 9.17) is 4.74 Å². The van der Waals surface area contributed by atoms with Crippen molar-refractivity contribution in [1.82, 2.24) is 10.2 Å². The number of nitrogens with one attached hydrogen (secondary N) is 1. The molecule has 0 fully saturated rings. The van der Waals surface area contributed by atoms with E-state index in [0.29, 0.717) is 12.3 Å². The summed E-state index contributed by atoms with van der Waals surface area (Å²) < 4.78 is 32.5. The molecule has 0 bridgehead atoms. The van der Waals surface area contributed by atoms with E-state index in [1.165, 1.54) is 12.0 Å². The number of hydrogen-bond donors (Lipinski definition) is 1. The van der Waals surface area contributed by atoms with Gasteiger partial charge in [-0.05, 0) is 49.1 Å². The van der Waals surface area contributed by atoms with Gasteiger partial charge in [-0.3, -0.25) is 13.9 Å². The molecule has 0 spiro atoms. The molecule has 40 heavy (non-hydrogen) atoms. The monoisotopic (exact) mass is 565 g/mol. The second kappa shape index (κ2) is 14.0. The lowest BCUT2D eigenvalue weighted by molar-refractivity contribution is -0.140. The van der Waals surface area contributed by atoms with Gasteiger partial charge < -0.3 is 15.0 Å². The first-order valence-corrected chi connectivity index (χ1v) is 15.2. The Morgan fingerprint density at radius 3 is 2.23 bits per heavy atom. The van der Waals surface area contributed by atoms with Crippen LogP contribution in [-0.4, -0.2) is 57.6 Å². The molecule has 0 radical (unpaired) electrons. The number of methoxy groups -OCH3 is 1. The van der Waals surface area contributed by atoms with Gasteiger partial charge in [-0.25, -0.2) is 8.42 Å². The number of nitrogens with zero attached hydrogens (tertiary/aromatic N) is 2. The minimum atomic E-state index is -3.89. The predicted molar refractivity (Wildman–Crippen MR) is 159 cm³/mol. The molecule has 8 nitrogen and oxygen atoms in total. The summed E-state index contributed by atoms with van der Waals surface area (Å²) in [6.07, 6.45) is 2.08. The quantitative estimate of drug-likeness (QED) is 0.334. The van der Waals surface area contributed by atoms with Crippen LogP contribution < -0.4 is 14.4 Å². The van der Waals surface area contributed by atoms with Gasteiger partial charge in [0.15, 0.2) is 0 Å². The molecule has 2 amide bonds. The molecule has 1 atom stereocenters. The lowest BCUT2D eigenvalue weighted by Gasteiger charge is -2.34. The summed E-state index contributed by atoms with van der Waals surface area (Å²) in [6.45, 7) is 5.87. The van der Waals surface area contributed by atoms with Crippen LogP contribution in [0.15, 0.2) is 72.8 Å². The smallest absolute Gasteiger partial charge is 0.244 e. The maximum Gasteiger partial charge on any atom is 0.244 e. The third-order valence-corrected chi connectivity index (χ3v) is 7.66. The van der Waals surface area contributed by atoms with Crippen LogP contribution in [0.1, 0.15) is 35.6 Å². The zero-order chi connectivity index (χ0) is 29.3. The van der Waals surface area contributed by atoms with Crippen LogP contribution >= 0.6 is 0 Å². The van der Waals surface area contributed by atoms with E-state index in [1.807, 2.05) is 81.4 Å². The van der Waals surface area contributed by atoms with E-state index < -0.39 is 28.5 Å². The van der Waals surface area contributed by atoms with Crippen molar-refractivity contribution < 1.29 is 22.7 Å². The third-order valence-electron chi connectivity index (χ3n) is 6.54. The van der Waals surface area contributed by atoms with Crippen LogP contribution in [-0.2, 0) is 32.6 Å². The summed E-state index contributed by atoms with van der Waals surface area (Å²) in [7, 11) is -2.44. The van der Waals surface area contributed by atoms with E-state index in [9.17, 15) is 18.0 Å². The van der Waals surface area contributed by atoms with Crippen molar-refractivity contribution in [2.24, 2.45) is 0 Å². The lowest BCUT2D eigenvalue weighted by atomic mass is 10.0. The minimum Gasteiger partial charge on any atom is -0.495 e. The van der Waals surface area contributed by atoms with Gasteiger partial charge >= 0.3 is 0 Å². The molecule has 0 aromatic heterocycles. The Morgan fingerprint density at radius 1 is 0.925 bits per heavy atom. The summed E-state index contributed by atoms with van der Waals surface area (Å²) in [6, 6.07) is 21.5. The van der Waals surface area contributed by atoms with Crippen LogP contribution in [0.4, 0.5) is 5.69 Å². The molecule has 0 heterocycles. The fourth-order valence-electron chi connectivity index (χ4n) is 4.52. The van der Waals surface area contributed by atoms with E-state index >= 15 is 0 Å². The van der Waals surface area contributed by atoms with Crippen molar-refractivity contribution >= 4 is 27.5 Å². The van der Waals surface area contributed by atoms with Crippen molar-refractivity contribution in [2.75, 3.05) is 30.8 Å². The fraction of sp³-hybridized carbons (Fsp3) is 0.355. The number of aryl methyl sites for hydroxylation is 2. The van der Waals surface area contributed by atoms with Gasteiger partial charge in [0.25, 0.3) is 0 Å². The lowest BCUT2D eigenvalue weighted by Crippen LogP contribution is -2.53. The topological polar surface area (TPSA) is 96.0 Å². The number of sulfonamides is 1. The number of carbonyl (C=O) groups is 2. The Morgan fingerprint density at radius 2 is 1.60 bits per heavy atom. The van der Waals surface area contributed by atoms with Crippen molar-refractivity contribution in [3.8, 4) is 5.75 Å². The van der Waals surface area contributed by atoms with Gasteiger partial charge in [0.2, 0.25) is 21.8 Å². The summed E-state index contributed by atoms with van der Waals surface area (Å²) in [5.41, 5.74) is 3.83. The van der Waals surface area contributed by atoms with Crippen molar-refractivity contribution in [2.45, 2.75) is 46.2 Å². The highest BCUT2D eigenvalue weighted by molar-refractivity contribution is 7.92. The first kappa shape index (κ1) is 30.7. The molecule has 1 N–H and O–H groups in total. The van der Waals surface area contributed by atoms with Crippen LogP contribution in [0.25, 0.3) is 0 Å². The molecule has 3 rings (SSSR count). The molecule has 1 unspecified atom stereocenters. The SMILES string of the molecule is CCCNC(=O)C(Cc1ccccc1)N(Cc1cccc(C)c1)C(=O)CN(c1cc(C)ccc1OC)S(C)(=O)=O. The van der Waals surface area contributed by atoms with E-state index in [2.05, 4.69) is 5.32 Å². The molecule has 0 saturated heterocycles.